The smallest absolute Gasteiger partial charge is 0.288 e. The molecule has 1 heterocycles. The number of aliphatic hydroxyl groups excluding tert-OH is 2. The van der Waals surface area contributed by atoms with Gasteiger partial charge in [0.05, 0.1) is 6.61 Å². The van der Waals surface area contributed by atoms with Gasteiger partial charge in [-0.25, -0.2) is 0 Å². The first-order chi connectivity index (χ1) is 13.9. The van der Waals surface area contributed by atoms with Gasteiger partial charge in [0.1, 0.15) is 0 Å². The van der Waals surface area contributed by atoms with Gasteiger partial charge >= 0.3 is 0 Å². The van der Waals surface area contributed by atoms with Gasteiger partial charge < -0.3 is 15.5 Å². The summed E-state index contributed by atoms with van der Waals surface area (Å²) < 4.78 is 1.74. The number of para-hydroxylation sites is 1. The number of hydrogen-bond donors (Lipinski definition) is 3. The Kier molecular flexibility index (Phi) is 6.42. The molecule has 0 saturated heterocycles. The molecule has 0 aliphatic heterocycles. The Bertz CT molecular complexity index is 1090. The van der Waals surface area contributed by atoms with E-state index < -0.39 is 0 Å². The van der Waals surface area contributed by atoms with Gasteiger partial charge in [-0.1, -0.05) is 42.5 Å². The van der Waals surface area contributed by atoms with Crippen LogP contribution in [0.4, 0.5) is 5.69 Å². The van der Waals surface area contributed by atoms with Gasteiger partial charge in [0.25, 0.3) is 5.70 Å². The predicted octanol–water partition coefficient (Wildman–Crippen LogP) is 4.71. The van der Waals surface area contributed by atoms with Gasteiger partial charge in [-0.15, -0.1) is 0 Å². The van der Waals surface area contributed by atoms with E-state index >= 15 is 0 Å². The Morgan fingerprint density at radius 1 is 0.966 bits per heavy atom. The third kappa shape index (κ3) is 4.70. The first kappa shape index (κ1) is 20.7. The van der Waals surface area contributed by atoms with E-state index in [1.807, 2.05) is 75.4 Å². The monoisotopic (exact) mass is 405 g/mol. The molecule has 0 aliphatic carbocycles. The second kappa shape index (κ2) is 8.99. The van der Waals surface area contributed by atoms with Crippen LogP contribution in [-0.4, -0.2) is 15.2 Å². The highest BCUT2D eigenvalue weighted by Gasteiger charge is 2.24. The maximum absolute atomic E-state index is 11.2. The highest BCUT2D eigenvalue weighted by Crippen LogP contribution is 2.22. The fourth-order valence-corrected chi connectivity index (χ4v) is 3.34. The number of rotatable bonds is 5. The molecule has 0 fully saturated rings. The van der Waals surface area contributed by atoms with E-state index in [2.05, 4.69) is 5.32 Å². The van der Waals surface area contributed by atoms with Crippen LogP contribution in [-0.2, 0) is 6.61 Å². The molecule has 0 spiro atoms. The van der Waals surface area contributed by atoms with Crippen LogP contribution in [0.25, 0.3) is 11.5 Å². The summed E-state index contributed by atoms with van der Waals surface area (Å²) in [7, 11) is 0. The molecule has 2 aromatic carbocycles. The lowest BCUT2D eigenvalue weighted by molar-refractivity contribution is -0.576. The van der Waals surface area contributed by atoms with Gasteiger partial charge in [-0.2, -0.15) is 4.57 Å². The van der Waals surface area contributed by atoms with Crippen molar-refractivity contribution in [3.05, 3.63) is 94.8 Å². The van der Waals surface area contributed by atoms with Crippen LogP contribution in [0.5, 0.6) is 0 Å². The molecule has 5 heteroatoms. The summed E-state index contributed by atoms with van der Waals surface area (Å²) in [5.74, 6) is 0.0688. The van der Waals surface area contributed by atoms with Crippen LogP contribution in [0, 0.1) is 20.8 Å². The summed E-state index contributed by atoms with van der Waals surface area (Å²) in [5.41, 5.74) is 6.01. The van der Waals surface area contributed by atoms with Crippen molar-refractivity contribution in [1.29, 1.82) is 0 Å². The zero-order valence-electron chi connectivity index (χ0n) is 16.8. The van der Waals surface area contributed by atoms with Gasteiger partial charge in [0.2, 0.25) is 0 Å². The molecule has 3 rings (SSSR count). The molecule has 0 saturated carbocycles. The van der Waals surface area contributed by atoms with Crippen molar-refractivity contribution in [1.82, 2.24) is 0 Å². The van der Waals surface area contributed by atoms with Crippen LogP contribution < -0.4 is 9.88 Å². The minimum absolute atomic E-state index is 0.0688. The molecule has 0 atom stereocenters. The van der Waals surface area contributed by atoms with E-state index in [9.17, 15) is 10.2 Å². The lowest BCUT2D eigenvalue weighted by Gasteiger charge is -2.13. The molecule has 0 radical (unpaired) electrons. The normalized spacial score (nSPS) is 11.7. The molecule has 0 unspecified atom stereocenters. The third-order valence-electron chi connectivity index (χ3n) is 4.92. The Balaban J connectivity index is 2.13. The van der Waals surface area contributed by atoms with Gasteiger partial charge in [0.15, 0.2) is 23.1 Å². The Hall–Kier alpha value is -3.02. The Morgan fingerprint density at radius 2 is 1.72 bits per heavy atom. The fraction of sp³-hybridized carbons (Fsp3) is 0.167. The quantitative estimate of drug-likeness (QED) is 0.249. The molecule has 148 valence electrons. The average Bonchev–Trinajstić information content (AvgIpc) is 2.72. The van der Waals surface area contributed by atoms with Crippen molar-refractivity contribution in [2.24, 2.45) is 0 Å². The lowest BCUT2D eigenvalue weighted by Crippen LogP contribution is -2.39. The Labute approximate surface area is 176 Å². The van der Waals surface area contributed by atoms with Gasteiger partial charge in [0, 0.05) is 22.9 Å². The number of pyridine rings is 1. The molecular formula is C24H25N2O2S+. The summed E-state index contributed by atoms with van der Waals surface area (Å²) in [6, 6.07) is 17.3. The first-order valence-corrected chi connectivity index (χ1v) is 9.81. The molecule has 29 heavy (non-hydrogen) atoms. The molecule has 3 aromatic rings. The standard InChI is InChI=1S/C24H24N2O2S/c1-16-10-11-20(13-18(16)3)23(28)22(26-12-6-8-19(14-26)15-27)24(29)25-21-9-5-4-7-17(21)2/h4-14,27H,15H2,1-3H3,(H-,25,28,29)/p+1. The number of aryl methyl sites for hydroxylation is 3. The number of hydrogen-bond acceptors (Lipinski definition) is 3. The van der Waals surface area contributed by atoms with E-state index in [0.29, 0.717) is 16.2 Å². The van der Waals surface area contributed by atoms with E-state index in [4.69, 9.17) is 12.2 Å². The zero-order chi connectivity index (χ0) is 21.0. The van der Waals surface area contributed by atoms with E-state index in [1.54, 1.807) is 17.0 Å². The number of thiocarbonyl (C=S) groups is 1. The first-order valence-electron chi connectivity index (χ1n) is 9.40. The highest BCUT2D eigenvalue weighted by molar-refractivity contribution is 7.81. The zero-order valence-corrected chi connectivity index (χ0v) is 17.6. The molecular weight excluding hydrogens is 380 g/mol. The summed E-state index contributed by atoms with van der Waals surface area (Å²) >= 11 is 5.70. The van der Waals surface area contributed by atoms with Crippen LogP contribution in [0.3, 0.4) is 0 Å². The van der Waals surface area contributed by atoms with Crippen molar-refractivity contribution < 1.29 is 14.8 Å². The van der Waals surface area contributed by atoms with Gasteiger partial charge in [-0.3, -0.25) is 0 Å². The minimum Gasteiger partial charge on any atom is -0.502 e. The molecule has 3 N–H and O–H groups in total. The second-order valence-electron chi connectivity index (χ2n) is 7.04. The fourth-order valence-electron chi connectivity index (χ4n) is 3.02. The summed E-state index contributed by atoms with van der Waals surface area (Å²) in [4.78, 5) is 0.384. The van der Waals surface area contributed by atoms with Gasteiger partial charge in [-0.05, 0) is 55.7 Å². The largest absolute Gasteiger partial charge is 0.502 e. The van der Waals surface area contributed by atoms with Crippen LogP contribution in [0.2, 0.25) is 0 Å². The maximum atomic E-state index is 11.2. The van der Waals surface area contributed by atoms with Crippen molar-refractivity contribution in [3.63, 3.8) is 0 Å². The number of benzene rings is 2. The van der Waals surface area contributed by atoms with Crippen LogP contribution in [0.15, 0.2) is 67.0 Å². The number of aromatic nitrogens is 1. The molecule has 4 nitrogen and oxygen atoms in total. The lowest BCUT2D eigenvalue weighted by atomic mass is 10.0. The molecule has 0 aliphatic rings. The summed E-state index contributed by atoms with van der Waals surface area (Å²) in [6.07, 6.45) is 3.57. The van der Waals surface area contributed by atoms with Crippen molar-refractivity contribution in [3.8, 4) is 0 Å². The van der Waals surface area contributed by atoms with Crippen LogP contribution in [0.1, 0.15) is 27.8 Å². The number of nitrogens with zero attached hydrogens (tertiary/aromatic N) is 1. The molecule has 0 bridgehead atoms. The minimum atomic E-state index is -0.101. The Morgan fingerprint density at radius 3 is 2.41 bits per heavy atom. The number of aliphatic hydroxyl groups is 2. The number of anilines is 1. The SMILES string of the molecule is Cc1ccc(/C(O)=C(\C(=S)Nc2ccccc2C)[n+]2cccc(CO)c2)cc1C. The average molecular weight is 406 g/mol. The maximum Gasteiger partial charge on any atom is 0.288 e. The van der Waals surface area contributed by atoms with Crippen molar-refractivity contribution >= 4 is 34.3 Å². The van der Waals surface area contributed by atoms with E-state index in [1.165, 1.54) is 0 Å². The van der Waals surface area contributed by atoms with Crippen molar-refractivity contribution in [2.75, 3.05) is 5.32 Å². The third-order valence-corrected chi connectivity index (χ3v) is 5.21. The summed E-state index contributed by atoms with van der Waals surface area (Å²) in [5, 5.41) is 24.0. The van der Waals surface area contributed by atoms with Crippen molar-refractivity contribution in [2.45, 2.75) is 27.4 Å². The van der Waals surface area contributed by atoms with E-state index in [-0.39, 0.29) is 12.4 Å². The molecule has 0 amide bonds. The highest BCUT2D eigenvalue weighted by atomic mass is 32.1. The summed E-state index contributed by atoms with van der Waals surface area (Å²) in [6.45, 7) is 5.94. The van der Waals surface area contributed by atoms with E-state index in [0.717, 1.165) is 27.9 Å². The molecule has 1 aromatic heterocycles. The van der Waals surface area contributed by atoms with Crippen LogP contribution >= 0.6 is 12.2 Å². The second-order valence-corrected chi connectivity index (χ2v) is 7.45. The number of nitrogens with one attached hydrogen (secondary N) is 1. The predicted molar refractivity (Wildman–Crippen MR) is 122 cm³/mol. The topological polar surface area (TPSA) is 56.4 Å².